The van der Waals surface area contributed by atoms with Gasteiger partial charge in [-0.1, -0.05) is 32.9 Å². The Kier molecular flexibility index (Phi) is 7.82. The van der Waals surface area contributed by atoms with Gasteiger partial charge in [-0.05, 0) is 35.7 Å². The molecule has 2 aliphatic heterocycles. The van der Waals surface area contributed by atoms with Gasteiger partial charge in [-0.3, -0.25) is 24.3 Å². The number of methoxy groups -OCH3 is 1. The summed E-state index contributed by atoms with van der Waals surface area (Å²) in [5.41, 5.74) is 0.0613. The van der Waals surface area contributed by atoms with Crippen LogP contribution < -0.4 is 10.1 Å². The average molecular weight is 509 g/mol. The molecule has 1 aromatic carbocycles. The summed E-state index contributed by atoms with van der Waals surface area (Å²) in [6, 6.07) is 11.6. The van der Waals surface area contributed by atoms with Crippen LogP contribution in [-0.4, -0.2) is 71.1 Å². The quantitative estimate of drug-likeness (QED) is 0.644. The lowest BCUT2D eigenvalue weighted by Crippen LogP contribution is -2.59. The van der Waals surface area contributed by atoms with Gasteiger partial charge < -0.3 is 19.7 Å². The summed E-state index contributed by atoms with van der Waals surface area (Å²) in [6.45, 7) is 7.37. The molecule has 0 aliphatic carbocycles. The van der Waals surface area contributed by atoms with Gasteiger partial charge in [-0.2, -0.15) is 0 Å². The Morgan fingerprint density at radius 3 is 2.54 bits per heavy atom. The molecule has 2 saturated heterocycles. The molecule has 0 saturated carbocycles. The van der Waals surface area contributed by atoms with Crippen molar-refractivity contribution in [1.82, 2.24) is 20.1 Å². The fraction of sp³-hybridized carbons (Fsp3) is 0.500. The van der Waals surface area contributed by atoms with Crippen molar-refractivity contribution in [2.75, 3.05) is 26.8 Å². The van der Waals surface area contributed by atoms with E-state index in [-0.39, 0.29) is 36.3 Å². The molecule has 1 atom stereocenters. The monoisotopic (exact) mass is 508 g/mol. The molecular weight excluding hydrogens is 472 g/mol. The van der Waals surface area contributed by atoms with E-state index in [1.807, 2.05) is 43.9 Å². The molecule has 1 aromatic heterocycles. The van der Waals surface area contributed by atoms with Crippen molar-refractivity contribution in [2.45, 2.75) is 58.3 Å². The van der Waals surface area contributed by atoms with Gasteiger partial charge in [-0.25, -0.2) is 0 Å². The molecule has 2 fully saturated rings. The molecule has 3 amide bonds. The van der Waals surface area contributed by atoms with Crippen molar-refractivity contribution >= 4 is 17.7 Å². The van der Waals surface area contributed by atoms with E-state index in [9.17, 15) is 14.4 Å². The molecule has 9 heteroatoms. The van der Waals surface area contributed by atoms with Crippen LogP contribution in [0.15, 0.2) is 48.7 Å². The smallest absolute Gasteiger partial charge is 0.257 e. The van der Waals surface area contributed by atoms with Gasteiger partial charge in [0.1, 0.15) is 17.5 Å². The number of benzene rings is 1. The maximum absolute atomic E-state index is 13.9. The first-order chi connectivity index (χ1) is 17.6. The van der Waals surface area contributed by atoms with Crippen molar-refractivity contribution in [2.24, 2.45) is 5.41 Å². The summed E-state index contributed by atoms with van der Waals surface area (Å²) in [5.74, 6) is 0.0447. The second-order valence-corrected chi connectivity index (χ2v) is 10.8. The van der Waals surface area contributed by atoms with E-state index in [0.717, 1.165) is 5.69 Å². The van der Waals surface area contributed by atoms with Crippen LogP contribution in [0.1, 0.15) is 56.1 Å². The predicted octanol–water partition coefficient (Wildman–Crippen LogP) is 3.00. The van der Waals surface area contributed by atoms with Gasteiger partial charge in [0.2, 0.25) is 11.8 Å². The number of carbonyl (C=O) groups excluding carboxylic acids is 3. The zero-order chi connectivity index (χ0) is 26.6. The molecule has 2 aromatic rings. The third-order valence-corrected chi connectivity index (χ3v) is 6.85. The van der Waals surface area contributed by atoms with Crippen LogP contribution in [0.5, 0.6) is 5.75 Å². The molecule has 0 radical (unpaired) electrons. The first-order valence-corrected chi connectivity index (χ1v) is 12.7. The molecule has 3 heterocycles. The standard InChI is InChI=1S/C28H36N4O5/c1-27(2,3)17-24(33)31-14-11-28(12-15-31)32(26(35)20-8-7-10-22(16-20)36-4)23(19-37-28)25(34)30-18-21-9-5-6-13-29-21/h5-10,13,16,23H,11-12,14-15,17-19H2,1-4H3,(H,30,34). The number of likely N-dealkylation sites (tertiary alicyclic amines) is 1. The highest BCUT2D eigenvalue weighted by Crippen LogP contribution is 2.39. The highest BCUT2D eigenvalue weighted by molar-refractivity contribution is 5.98. The van der Waals surface area contributed by atoms with Gasteiger partial charge in [-0.15, -0.1) is 0 Å². The van der Waals surface area contributed by atoms with Gasteiger partial charge in [0.15, 0.2) is 0 Å². The lowest BCUT2D eigenvalue weighted by atomic mass is 9.90. The Balaban J connectivity index is 1.56. The summed E-state index contributed by atoms with van der Waals surface area (Å²) in [5, 5.41) is 2.91. The normalized spacial score (nSPS) is 19.1. The maximum atomic E-state index is 13.9. The summed E-state index contributed by atoms with van der Waals surface area (Å²) < 4.78 is 11.6. The minimum Gasteiger partial charge on any atom is -0.497 e. The highest BCUT2D eigenvalue weighted by atomic mass is 16.5. The Bertz CT molecular complexity index is 1120. The molecule has 37 heavy (non-hydrogen) atoms. The first-order valence-electron chi connectivity index (χ1n) is 12.7. The largest absolute Gasteiger partial charge is 0.497 e. The molecule has 9 nitrogen and oxygen atoms in total. The van der Waals surface area contributed by atoms with E-state index in [1.165, 1.54) is 0 Å². The number of piperidine rings is 1. The van der Waals surface area contributed by atoms with E-state index < -0.39 is 11.8 Å². The molecule has 0 bridgehead atoms. The van der Waals surface area contributed by atoms with Crippen molar-refractivity contribution in [3.8, 4) is 5.75 Å². The second-order valence-electron chi connectivity index (χ2n) is 10.8. The Morgan fingerprint density at radius 2 is 1.89 bits per heavy atom. The molecule has 2 aliphatic rings. The van der Waals surface area contributed by atoms with E-state index in [0.29, 0.717) is 43.7 Å². The van der Waals surface area contributed by atoms with Crippen molar-refractivity contribution < 1.29 is 23.9 Å². The zero-order valence-corrected chi connectivity index (χ0v) is 22.0. The minimum absolute atomic E-state index is 0.0830. The highest BCUT2D eigenvalue weighted by Gasteiger charge is 2.54. The van der Waals surface area contributed by atoms with Crippen molar-refractivity contribution in [3.63, 3.8) is 0 Å². The van der Waals surface area contributed by atoms with Gasteiger partial charge in [0.05, 0.1) is 26.0 Å². The number of hydrogen-bond donors (Lipinski definition) is 1. The summed E-state index contributed by atoms with van der Waals surface area (Å²) in [4.78, 5) is 47.8. The number of amides is 3. The third kappa shape index (κ3) is 6.10. The third-order valence-electron chi connectivity index (χ3n) is 6.85. The van der Waals surface area contributed by atoms with Crippen LogP contribution in [-0.2, 0) is 20.9 Å². The number of aromatic nitrogens is 1. The Morgan fingerprint density at radius 1 is 1.14 bits per heavy atom. The fourth-order valence-electron chi connectivity index (χ4n) is 4.93. The average Bonchev–Trinajstić information content (AvgIpc) is 3.25. The van der Waals surface area contributed by atoms with E-state index in [4.69, 9.17) is 9.47 Å². The van der Waals surface area contributed by atoms with Crippen LogP contribution in [0.4, 0.5) is 0 Å². The van der Waals surface area contributed by atoms with Crippen molar-refractivity contribution in [3.05, 3.63) is 59.9 Å². The number of hydrogen-bond acceptors (Lipinski definition) is 6. The maximum Gasteiger partial charge on any atom is 0.257 e. The number of ether oxygens (including phenoxy) is 2. The molecule has 198 valence electrons. The van der Waals surface area contributed by atoms with E-state index in [2.05, 4.69) is 10.3 Å². The summed E-state index contributed by atoms with van der Waals surface area (Å²) >= 11 is 0. The fourth-order valence-corrected chi connectivity index (χ4v) is 4.93. The van der Waals surface area contributed by atoms with Crippen LogP contribution in [0, 0.1) is 5.41 Å². The summed E-state index contributed by atoms with van der Waals surface area (Å²) in [7, 11) is 1.54. The number of nitrogens with one attached hydrogen (secondary N) is 1. The molecule has 1 spiro atoms. The topological polar surface area (TPSA) is 101 Å². The van der Waals surface area contributed by atoms with Crippen LogP contribution in [0.3, 0.4) is 0 Å². The lowest BCUT2D eigenvalue weighted by Gasteiger charge is -2.44. The van der Waals surface area contributed by atoms with Gasteiger partial charge in [0, 0.05) is 44.1 Å². The number of pyridine rings is 1. The Hall–Kier alpha value is -3.46. The van der Waals surface area contributed by atoms with E-state index >= 15 is 0 Å². The number of rotatable bonds is 6. The lowest BCUT2D eigenvalue weighted by molar-refractivity contribution is -0.145. The molecular formula is C28H36N4O5. The van der Waals surface area contributed by atoms with Crippen LogP contribution in [0.25, 0.3) is 0 Å². The molecule has 1 unspecified atom stereocenters. The van der Waals surface area contributed by atoms with Crippen LogP contribution >= 0.6 is 0 Å². The SMILES string of the molecule is COc1cccc(C(=O)N2C(C(=O)NCc3ccccn3)COC23CCN(C(=O)CC(C)(C)C)CC3)c1. The van der Waals surface area contributed by atoms with Crippen LogP contribution in [0.2, 0.25) is 0 Å². The van der Waals surface area contributed by atoms with E-state index in [1.54, 1.807) is 42.5 Å². The summed E-state index contributed by atoms with van der Waals surface area (Å²) in [6.07, 6.45) is 2.99. The molecule has 4 rings (SSSR count). The number of carbonyl (C=O) groups is 3. The number of nitrogens with zero attached hydrogens (tertiary/aromatic N) is 3. The van der Waals surface area contributed by atoms with Gasteiger partial charge >= 0.3 is 0 Å². The van der Waals surface area contributed by atoms with Gasteiger partial charge in [0.25, 0.3) is 5.91 Å². The Labute approximate surface area is 218 Å². The second kappa shape index (κ2) is 10.9. The molecule has 1 N–H and O–H groups in total. The zero-order valence-electron chi connectivity index (χ0n) is 22.0. The minimum atomic E-state index is -0.967. The van der Waals surface area contributed by atoms with Crippen molar-refractivity contribution in [1.29, 1.82) is 0 Å². The predicted molar refractivity (Wildman–Crippen MR) is 138 cm³/mol. The first kappa shape index (κ1) is 26.6.